The number of ether oxygens (including phenoxy) is 3. The maximum absolute atomic E-state index is 12.7. The Morgan fingerprint density at radius 1 is 1.00 bits per heavy atom. The first-order chi connectivity index (χ1) is 11.9. The van der Waals surface area contributed by atoms with Gasteiger partial charge >= 0.3 is 12.3 Å². The average Bonchev–Trinajstić information content (AvgIpc) is 2.55. The van der Waals surface area contributed by atoms with Crippen LogP contribution in [0.4, 0.5) is 13.2 Å². The molecule has 25 heavy (non-hydrogen) atoms. The molecule has 0 bridgehead atoms. The monoisotopic (exact) mass is 354 g/mol. The molecule has 0 saturated heterocycles. The highest BCUT2D eigenvalue weighted by atomic mass is 19.4. The SMILES string of the molecule is CCOc1ccccc1OC(=O)c1cccc(CC)c1OC(F)(F)F. The molecule has 134 valence electrons. The maximum atomic E-state index is 12.7. The third-order valence-corrected chi connectivity index (χ3v) is 3.27. The maximum Gasteiger partial charge on any atom is 0.573 e. The molecule has 0 saturated carbocycles. The summed E-state index contributed by atoms with van der Waals surface area (Å²) in [4.78, 5) is 12.4. The molecule has 2 aromatic rings. The number of para-hydroxylation sites is 3. The van der Waals surface area contributed by atoms with E-state index in [1.165, 1.54) is 24.3 Å². The van der Waals surface area contributed by atoms with E-state index >= 15 is 0 Å². The van der Waals surface area contributed by atoms with E-state index in [0.29, 0.717) is 12.4 Å². The van der Waals surface area contributed by atoms with Crippen LogP contribution in [-0.2, 0) is 6.42 Å². The lowest BCUT2D eigenvalue weighted by molar-refractivity contribution is -0.275. The zero-order valence-electron chi connectivity index (χ0n) is 13.7. The summed E-state index contributed by atoms with van der Waals surface area (Å²) in [7, 11) is 0. The van der Waals surface area contributed by atoms with Gasteiger partial charge in [-0.1, -0.05) is 31.2 Å². The predicted molar refractivity (Wildman–Crippen MR) is 85.1 cm³/mol. The summed E-state index contributed by atoms with van der Waals surface area (Å²) in [6.45, 7) is 3.78. The summed E-state index contributed by atoms with van der Waals surface area (Å²) in [6.07, 6.45) is -4.65. The number of hydrogen-bond donors (Lipinski definition) is 0. The third kappa shape index (κ3) is 4.89. The van der Waals surface area contributed by atoms with E-state index in [0.717, 1.165) is 0 Å². The second-order valence-corrected chi connectivity index (χ2v) is 4.96. The van der Waals surface area contributed by atoms with Crippen molar-refractivity contribution in [2.24, 2.45) is 0 Å². The minimum atomic E-state index is -4.91. The number of benzene rings is 2. The van der Waals surface area contributed by atoms with Crippen molar-refractivity contribution >= 4 is 5.97 Å². The lowest BCUT2D eigenvalue weighted by atomic mass is 10.1. The number of esters is 1. The Bertz CT molecular complexity index is 741. The molecule has 4 nitrogen and oxygen atoms in total. The van der Waals surface area contributed by atoms with Crippen molar-refractivity contribution in [3.63, 3.8) is 0 Å². The van der Waals surface area contributed by atoms with Crippen LogP contribution in [0.3, 0.4) is 0 Å². The van der Waals surface area contributed by atoms with Crippen molar-refractivity contribution in [3.05, 3.63) is 53.6 Å². The van der Waals surface area contributed by atoms with Crippen LogP contribution in [-0.4, -0.2) is 18.9 Å². The number of hydrogen-bond acceptors (Lipinski definition) is 4. The van der Waals surface area contributed by atoms with Gasteiger partial charge in [-0.05, 0) is 37.1 Å². The molecule has 0 radical (unpaired) electrons. The van der Waals surface area contributed by atoms with Gasteiger partial charge in [-0.15, -0.1) is 13.2 Å². The van der Waals surface area contributed by atoms with Crippen molar-refractivity contribution in [1.29, 1.82) is 0 Å². The Kier molecular flexibility index (Phi) is 5.90. The normalized spacial score (nSPS) is 11.1. The van der Waals surface area contributed by atoms with E-state index in [1.807, 2.05) is 0 Å². The summed E-state index contributed by atoms with van der Waals surface area (Å²) in [5.41, 5.74) is -0.0483. The Balaban J connectivity index is 2.36. The highest BCUT2D eigenvalue weighted by Gasteiger charge is 2.34. The third-order valence-electron chi connectivity index (χ3n) is 3.27. The molecule has 0 aromatic heterocycles. The fraction of sp³-hybridized carbons (Fsp3) is 0.278. The van der Waals surface area contributed by atoms with Crippen molar-refractivity contribution in [2.45, 2.75) is 26.6 Å². The molecule has 2 aromatic carbocycles. The summed E-state index contributed by atoms with van der Waals surface area (Å²) >= 11 is 0. The zero-order chi connectivity index (χ0) is 18.4. The van der Waals surface area contributed by atoms with Gasteiger partial charge in [0.05, 0.1) is 6.61 Å². The molecule has 0 N–H and O–H groups in total. The molecule has 0 aliphatic heterocycles. The minimum Gasteiger partial charge on any atom is -0.490 e. The van der Waals surface area contributed by atoms with Crippen LogP contribution >= 0.6 is 0 Å². The molecule has 0 atom stereocenters. The van der Waals surface area contributed by atoms with E-state index in [2.05, 4.69) is 4.74 Å². The van der Waals surface area contributed by atoms with Gasteiger partial charge in [-0.2, -0.15) is 0 Å². The molecule has 0 unspecified atom stereocenters. The van der Waals surface area contributed by atoms with Crippen molar-refractivity contribution in [3.8, 4) is 17.2 Å². The molecule has 0 amide bonds. The fourth-order valence-electron chi connectivity index (χ4n) is 2.22. The van der Waals surface area contributed by atoms with E-state index in [1.54, 1.807) is 32.0 Å². The average molecular weight is 354 g/mol. The van der Waals surface area contributed by atoms with Crippen LogP contribution in [0, 0.1) is 0 Å². The Labute approximate surface area is 143 Å². The van der Waals surface area contributed by atoms with Crippen molar-refractivity contribution in [2.75, 3.05) is 6.61 Å². The molecule has 0 spiro atoms. The number of rotatable bonds is 6. The van der Waals surface area contributed by atoms with Gasteiger partial charge in [0.2, 0.25) is 0 Å². The topological polar surface area (TPSA) is 44.8 Å². The number of halogens is 3. The summed E-state index contributed by atoms with van der Waals surface area (Å²) in [6, 6.07) is 10.6. The van der Waals surface area contributed by atoms with Crippen LogP contribution < -0.4 is 14.2 Å². The van der Waals surface area contributed by atoms with Crippen molar-refractivity contribution in [1.82, 2.24) is 0 Å². The lowest BCUT2D eigenvalue weighted by Gasteiger charge is -2.16. The fourth-order valence-corrected chi connectivity index (χ4v) is 2.22. The molecule has 7 heteroatoms. The second kappa shape index (κ2) is 7.92. The quantitative estimate of drug-likeness (QED) is 0.554. The van der Waals surface area contributed by atoms with Gasteiger partial charge in [0, 0.05) is 0 Å². The van der Waals surface area contributed by atoms with E-state index in [9.17, 15) is 18.0 Å². The Hall–Kier alpha value is -2.70. The van der Waals surface area contributed by atoms with Gasteiger partial charge in [0.15, 0.2) is 11.5 Å². The molecule has 0 heterocycles. The molecule has 2 rings (SSSR count). The largest absolute Gasteiger partial charge is 0.573 e. The minimum absolute atomic E-state index is 0.120. The van der Waals surface area contributed by atoms with Crippen LogP contribution in [0.2, 0.25) is 0 Å². The molecule has 0 fully saturated rings. The van der Waals surface area contributed by atoms with Gasteiger partial charge < -0.3 is 14.2 Å². The van der Waals surface area contributed by atoms with Gasteiger partial charge in [0.1, 0.15) is 11.3 Å². The van der Waals surface area contributed by atoms with Gasteiger partial charge in [-0.3, -0.25) is 0 Å². The predicted octanol–water partition coefficient (Wildman–Crippen LogP) is 4.77. The Morgan fingerprint density at radius 3 is 2.28 bits per heavy atom. The van der Waals surface area contributed by atoms with Crippen LogP contribution in [0.1, 0.15) is 29.8 Å². The highest BCUT2D eigenvalue weighted by Crippen LogP contribution is 2.33. The second-order valence-electron chi connectivity index (χ2n) is 4.96. The van der Waals surface area contributed by atoms with Crippen LogP contribution in [0.5, 0.6) is 17.2 Å². The first kappa shape index (κ1) is 18.6. The highest BCUT2D eigenvalue weighted by molar-refractivity contribution is 5.94. The van der Waals surface area contributed by atoms with E-state index in [4.69, 9.17) is 9.47 Å². The standard InChI is InChI=1S/C18H17F3O4/c1-3-12-8-7-9-13(16(12)25-18(19,20)21)17(22)24-15-11-6-5-10-14(15)23-4-2/h5-11H,3-4H2,1-2H3. The number of alkyl halides is 3. The summed E-state index contributed by atoms with van der Waals surface area (Å²) in [5.74, 6) is -1.06. The number of carbonyl (C=O) groups is 1. The van der Waals surface area contributed by atoms with Crippen LogP contribution in [0.15, 0.2) is 42.5 Å². The molecule has 0 aliphatic carbocycles. The van der Waals surface area contributed by atoms with Crippen LogP contribution in [0.25, 0.3) is 0 Å². The summed E-state index contributed by atoms with van der Waals surface area (Å²) < 4.78 is 52.7. The number of carbonyl (C=O) groups excluding carboxylic acids is 1. The van der Waals surface area contributed by atoms with Crippen molar-refractivity contribution < 1.29 is 32.2 Å². The van der Waals surface area contributed by atoms with E-state index in [-0.39, 0.29) is 23.3 Å². The van der Waals surface area contributed by atoms with E-state index < -0.39 is 18.1 Å². The van der Waals surface area contributed by atoms with Gasteiger partial charge in [0.25, 0.3) is 0 Å². The first-order valence-corrected chi connectivity index (χ1v) is 7.67. The Morgan fingerprint density at radius 2 is 1.68 bits per heavy atom. The molecular weight excluding hydrogens is 337 g/mol. The lowest BCUT2D eigenvalue weighted by Crippen LogP contribution is -2.21. The van der Waals surface area contributed by atoms with Gasteiger partial charge in [-0.25, -0.2) is 4.79 Å². The molecule has 0 aliphatic rings. The molecular formula is C18H17F3O4. The zero-order valence-corrected chi connectivity index (χ0v) is 13.7. The number of aryl methyl sites for hydroxylation is 1. The summed E-state index contributed by atoms with van der Waals surface area (Å²) in [5, 5.41) is 0. The smallest absolute Gasteiger partial charge is 0.490 e. The first-order valence-electron chi connectivity index (χ1n) is 7.67.